The van der Waals surface area contributed by atoms with Gasteiger partial charge in [-0.25, -0.2) is 4.39 Å². The summed E-state index contributed by atoms with van der Waals surface area (Å²) in [5, 5.41) is -0.0232. The molecule has 1 aromatic heterocycles. The van der Waals surface area contributed by atoms with Crippen LogP contribution in [0.5, 0.6) is 0 Å². The Balaban J connectivity index is 1.72. The van der Waals surface area contributed by atoms with Crippen molar-refractivity contribution in [1.29, 1.82) is 0 Å². The molecule has 6 rings (SSSR count). The Morgan fingerprint density at radius 3 is 2.49 bits per heavy atom. The van der Waals surface area contributed by atoms with E-state index in [0.717, 1.165) is 17.7 Å². The number of hydrogen-bond acceptors (Lipinski definition) is 4. The van der Waals surface area contributed by atoms with Crippen LogP contribution in [0.2, 0.25) is 0 Å². The van der Waals surface area contributed by atoms with Crippen LogP contribution in [0.15, 0.2) is 94.7 Å². The quantitative estimate of drug-likeness (QED) is 0.419. The second-order valence-corrected chi connectivity index (χ2v) is 8.58. The van der Waals surface area contributed by atoms with Crippen molar-refractivity contribution in [1.82, 2.24) is 4.90 Å². The molecular weight excluding hydrogens is 447 g/mol. The number of carbonyl (C=O) groups is 2. The van der Waals surface area contributed by atoms with Crippen LogP contribution in [0.1, 0.15) is 27.2 Å². The lowest BCUT2D eigenvalue weighted by molar-refractivity contribution is -0.126. The first-order valence-corrected chi connectivity index (χ1v) is 11.1. The van der Waals surface area contributed by atoms with Crippen molar-refractivity contribution in [3.8, 4) is 0 Å². The molecule has 0 N–H and O–H groups in total. The van der Waals surface area contributed by atoms with Crippen LogP contribution >= 0.6 is 0 Å². The minimum atomic E-state index is -1.75. The van der Waals surface area contributed by atoms with Gasteiger partial charge >= 0.3 is 0 Å². The van der Waals surface area contributed by atoms with Crippen molar-refractivity contribution in [3.05, 3.63) is 124 Å². The van der Waals surface area contributed by atoms with Crippen molar-refractivity contribution >= 4 is 28.5 Å². The first-order chi connectivity index (χ1) is 17.0. The van der Waals surface area contributed by atoms with Gasteiger partial charge in [-0.15, -0.1) is 6.58 Å². The van der Waals surface area contributed by atoms with E-state index in [-0.39, 0.29) is 35.4 Å². The van der Waals surface area contributed by atoms with Crippen molar-refractivity contribution in [2.24, 2.45) is 0 Å². The lowest BCUT2D eigenvalue weighted by Crippen LogP contribution is -2.53. The molecule has 0 radical (unpaired) electrons. The molecular formula is C28H19FN2O4. The molecule has 2 aliphatic rings. The van der Waals surface area contributed by atoms with E-state index in [1.54, 1.807) is 30.3 Å². The molecule has 4 aromatic rings. The largest absolute Gasteiger partial charge is 0.450 e. The van der Waals surface area contributed by atoms with Gasteiger partial charge in [0.2, 0.25) is 5.76 Å². The van der Waals surface area contributed by atoms with Crippen molar-refractivity contribution in [2.75, 3.05) is 11.4 Å². The predicted octanol–water partition coefficient (Wildman–Crippen LogP) is 4.36. The van der Waals surface area contributed by atoms with E-state index < -0.39 is 28.6 Å². The average Bonchev–Trinajstić information content (AvgIpc) is 3.26. The van der Waals surface area contributed by atoms with Crippen molar-refractivity contribution in [2.45, 2.75) is 12.1 Å². The van der Waals surface area contributed by atoms with Crippen LogP contribution in [0, 0.1) is 5.82 Å². The van der Waals surface area contributed by atoms with Gasteiger partial charge in [0, 0.05) is 18.7 Å². The lowest BCUT2D eigenvalue weighted by Gasteiger charge is -2.34. The molecule has 2 aliphatic heterocycles. The summed E-state index contributed by atoms with van der Waals surface area (Å²) in [6, 6.07) is 19.8. The molecule has 2 amide bonds. The summed E-state index contributed by atoms with van der Waals surface area (Å²) in [6.07, 6.45) is 1.59. The summed E-state index contributed by atoms with van der Waals surface area (Å²) in [6.45, 7) is 4.02. The predicted molar refractivity (Wildman–Crippen MR) is 129 cm³/mol. The molecule has 0 bridgehead atoms. The van der Waals surface area contributed by atoms with Crippen LogP contribution in [0.4, 0.5) is 10.1 Å². The van der Waals surface area contributed by atoms with Crippen LogP contribution in [0.3, 0.4) is 0 Å². The van der Waals surface area contributed by atoms with E-state index in [4.69, 9.17) is 4.42 Å². The van der Waals surface area contributed by atoms with E-state index in [0.29, 0.717) is 11.3 Å². The summed E-state index contributed by atoms with van der Waals surface area (Å²) in [5.74, 6) is -1.84. The highest BCUT2D eigenvalue weighted by Gasteiger charge is 2.64. The van der Waals surface area contributed by atoms with Gasteiger partial charge in [0.05, 0.1) is 16.6 Å². The van der Waals surface area contributed by atoms with Gasteiger partial charge in [-0.2, -0.15) is 0 Å². The maximum atomic E-state index is 14.3. The number of hydrogen-bond donors (Lipinski definition) is 0. The fraction of sp³-hybridized carbons (Fsp3) is 0.107. The molecule has 0 saturated heterocycles. The van der Waals surface area contributed by atoms with Gasteiger partial charge in [0.15, 0.2) is 11.0 Å². The number of fused-ring (bicyclic) bond motifs is 5. The molecule has 1 unspecified atom stereocenters. The lowest BCUT2D eigenvalue weighted by atomic mass is 9.83. The first-order valence-electron chi connectivity index (χ1n) is 11.1. The normalized spacial score (nSPS) is 18.4. The zero-order valence-electron chi connectivity index (χ0n) is 18.5. The number of halogens is 1. The second kappa shape index (κ2) is 7.50. The molecule has 35 heavy (non-hydrogen) atoms. The van der Waals surface area contributed by atoms with Crippen molar-refractivity contribution < 1.29 is 18.4 Å². The molecule has 0 fully saturated rings. The standard InChI is InChI=1S/C28H19FN2O4/c1-2-14-30-21-11-7-6-10-20(21)28(27(30)34)23-24(32)19-15-18(29)12-13-22(19)35-25(23)26(33)31(28)16-17-8-4-3-5-9-17/h2-13,15H,1,14,16H2. The van der Waals surface area contributed by atoms with Crippen LogP contribution in [0.25, 0.3) is 11.0 Å². The number of nitrogens with zero attached hydrogens (tertiary/aromatic N) is 2. The highest BCUT2D eigenvalue weighted by Crippen LogP contribution is 2.52. The van der Waals surface area contributed by atoms with Crippen LogP contribution in [-0.4, -0.2) is 23.3 Å². The van der Waals surface area contributed by atoms with Gasteiger partial charge < -0.3 is 14.2 Å². The van der Waals surface area contributed by atoms with Gasteiger partial charge in [0.25, 0.3) is 11.8 Å². The zero-order valence-corrected chi connectivity index (χ0v) is 18.5. The van der Waals surface area contributed by atoms with E-state index in [9.17, 15) is 18.8 Å². The van der Waals surface area contributed by atoms with Crippen molar-refractivity contribution in [3.63, 3.8) is 0 Å². The summed E-state index contributed by atoms with van der Waals surface area (Å²) in [5.41, 5.74) is -0.491. The monoisotopic (exact) mass is 466 g/mol. The molecule has 1 atom stereocenters. The molecule has 7 heteroatoms. The first kappa shape index (κ1) is 21.0. The Labute approximate surface area is 199 Å². The fourth-order valence-electron chi connectivity index (χ4n) is 5.26. The smallest absolute Gasteiger partial charge is 0.291 e. The second-order valence-electron chi connectivity index (χ2n) is 8.58. The van der Waals surface area contributed by atoms with E-state index in [1.807, 2.05) is 30.3 Å². The third kappa shape index (κ3) is 2.72. The minimum Gasteiger partial charge on any atom is -0.450 e. The number of anilines is 1. The van der Waals surface area contributed by atoms with Gasteiger partial charge in [-0.05, 0) is 29.8 Å². The molecule has 0 saturated carbocycles. The summed E-state index contributed by atoms with van der Waals surface area (Å²) >= 11 is 0. The highest BCUT2D eigenvalue weighted by molar-refractivity contribution is 6.17. The fourth-order valence-corrected chi connectivity index (χ4v) is 5.26. The number of carbonyl (C=O) groups excluding carboxylic acids is 2. The Bertz CT molecular complexity index is 1610. The Morgan fingerprint density at radius 1 is 0.971 bits per heavy atom. The average molecular weight is 466 g/mol. The third-order valence-corrected chi connectivity index (χ3v) is 6.69. The van der Waals surface area contributed by atoms with E-state index in [1.165, 1.54) is 15.9 Å². The maximum absolute atomic E-state index is 14.3. The van der Waals surface area contributed by atoms with E-state index in [2.05, 4.69) is 6.58 Å². The Morgan fingerprint density at radius 2 is 1.71 bits per heavy atom. The third-order valence-electron chi connectivity index (χ3n) is 6.69. The maximum Gasteiger partial charge on any atom is 0.291 e. The zero-order chi connectivity index (χ0) is 24.3. The Hall–Kier alpha value is -4.52. The van der Waals surface area contributed by atoms with Crippen LogP contribution in [-0.2, 0) is 16.9 Å². The molecule has 172 valence electrons. The number of amides is 2. The van der Waals surface area contributed by atoms with Crippen LogP contribution < -0.4 is 10.3 Å². The molecule has 6 nitrogen and oxygen atoms in total. The molecule has 3 aromatic carbocycles. The molecule has 0 aliphatic carbocycles. The SMILES string of the molecule is C=CCN1C(=O)C2(c3ccccc31)c1c(oc3ccc(F)cc3c1=O)C(=O)N2Cc1ccccc1. The molecule has 3 heterocycles. The molecule has 1 spiro atoms. The summed E-state index contributed by atoms with van der Waals surface area (Å²) < 4.78 is 20.0. The van der Waals surface area contributed by atoms with Gasteiger partial charge in [-0.1, -0.05) is 54.6 Å². The minimum absolute atomic E-state index is 0.0232. The summed E-state index contributed by atoms with van der Waals surface area (Å²) in [4.78, 5) is 45.0. The van der Waals surface area contributed by atoms with Gasteiger partial charge in [0.1, 0.15) is 11.4 Å². The van der Waals surface area contributed by atoms with Gasteiger partial charge in [-0.3, -0.25) is 14.4 Å². The van der Waals surface area contributed by atoms with E-state index >= 15 is 0 Å². The number of rotatable bonds is 4. The number of para-hydroxylation sites is 1. The summed E-state index contributed by atoms with van der Waals surface area (Å²) in [7, 11) is 0. The number of benzene rings is 3. The highest BCUT2D eigenvalue weighted by atomic mass is 19.1. The Kier molecular flexibility index (Phi) is 4.51. The topological polar surface area (TPSA) is 70.8 Å².